The number of hydrogen-bond donors (Lipinski definition) is 1. The molecular weight excluding hydrogens is 266 g/mol. The third kappa shape index (κ3) is 4.12. The highest BCUT2D eigenvalue weighted by Crippen LogP contribution is 2.22. The fourth-order valence-electron chi connectivity index (χ4n) is 2.30. The van der Waals surface area contributed by atoms with Crippen molar-refractivity contribution in [3.8, 4) is 0 Å². The summed E-state index contributed by atoms with van der Waals surface area (Å²) >= 11 is 1.88. The van der Waals surface area contributed by atoms with Gasteiger partial charge in [-0.15, -0.1) is 11.8 Å². The Hall–Kier alpha value is -1.26. The lowest BCUT2D eigenvalue weighted by Crippen LogP contribution is -2.23. The number of benzene rings is 1. The second kappa shape index (κ2) is 7.50. The van der Waals surface area contributed by atoms with Crippen molar-refractivity contribution in [2.24, 2.45) is 7.05 Å². The zero-order valence-corrected chi connectivity index (χ0v) is 13.3. The van der Waals surface area contributed by atoms with Crippen LogP contribution in [0.5, 0.6) is 0 Å². The highest BCUT2D eigenvalue weighted by Gasteiger charge is 2.12. The van der Waals surface area contributed by atoms with Crippen LogP contribution in [-0.2, 0) is 13.5 Å². The van der Waals surface area contributed by atoms with E-state index in [9.17, 15) is 0 Å². The molecule has 0 fully saturated rings. The molecule has 3 nitrogen and oxygen atoms in total. The molecule has 1 heterocycles. The van der Waals surface area contributed by atoms with E-state index in [1.165, 1.54) is 10.5 Å². The Bertz CT molecular complexity index is 519. The second-order valence-electron chi connectivity index (χ2n) is 4.80. The molecular formula is C16H23N3S. The van der Waals surface area contributed by atoms with Gasteiger partial charge in [-0.2, -0.15) is 5.10 Å². The Balaban J connectivity index is 2.10. The number of likely N-dealkylation sites (N-methyl/N-ethyl adjacent to an activating group) is 1. The molecule has 0 aliphatic carbocycles. The zero-order chi connectivity index (χ0) is 14.4. The van der Waals surface area contributed by atoms with Crippen molar-refractivity contribution in [3.63, 3.8) is 0 Å². The van der Waals surface area contributed by atoms with Crippen molar-refractivity contribution in [1.82, 2.24) is 15.1 Å². The van der Waals surface area contributed by atoms with Crippen LogP contribution in [0.25, 0.3) is 0 Å². The lowest BCUT2D eigenvalue weighted by atomic mass is 10.0. The topological polar surface area (TPSA) is 29.9 Å². The molecule has 2 rings (SSSR count). The third-order valence-electron chi connectivity index (χ3n) is 3.23. The monoisotopic (exact) mass is 289 g/mol. The van der Waals surface area contributed by atoms with Gasteiger partial charge in [0.2, 0.25) is 0 Å². The van der Waals surface area contributed by atoms with Gasteiger partial charge in [0, 0.05) is 30.6 Å². The molecule has 1 atom stereocenters. The summed E-state index contributed by atoms with van der Waals surface area (Å²) in [7, 11) is 1.96. The Morgan fingerprint density at radius 2 is 1.95 bits per heavy atom. The molecule has 0 spiro atoms. The number of rotatable bonds is 7. The molecule has 0 saturated heterocycles. The zero-order valence-electron chi connectivity index (χ0n) is 12.5. The molecule has 0 aliphatic rings. The predicted molar refractivity (Wildman–Crippen MR) is 86.2 cm³/mol. The van der Waals surface area contributed by atoms with Crippen LogP contribution in [0.3, 0.4) is 0 Å². The van der Waals surface area contributed by atoms with Gasteiger partial charge in [0.25, 0.3) is 0 Å². The van der Waals surface area contributed by atoms with E-state index in [-0.39, 0.29) is 0 Å². The van der Waals surface area contributed by atoms with Crippen LogP contribution in [0.4, 0.5) is 0 Å². The van der Waals surface area contributed by atoms with Gasteiger partial charge in [0.1, 0.15) is 0 Å². The smallest absolute Gasteiger partial charge is 0.0643 e. The maximum atomic E-state index is 4.48. The fraction of sp³-hybridized carbons (Fsp3) is 0.438. The van der Waals surface area contributed by atoms with Crippen molar-refractivity contribution in [1.29, 1.82) is 0 Å². The Morgan fingerprint density at radius 1 is 1.20 bits per heavy atom. The fourth-order valence-corrected chi connectivity index (χ4v) is 2.96. The molecule has 1 unspecified atom stereocenters. The van der Waals surface area contributed by atoms with E-state index < -0.39 is 0 Å². The lowest BCUT2D eigenvalue weighted by molar-refractivity contribution is 0.539. The average Bonchev–Trinajstić information content (AvgIpc) is 2.85. The SMILES string of the molecule is CCNC(Cc1ccn(C)n1)c1ccc(SCC)cc1. The van der Waals surface area contributed by atoms with Crippen molar-refractivity contribution < 1.29 is 0 Å². The maximum absolute atomic E-state index is 4.48. The molecule has 4 heteroatoms. The highest BCUT2D eigenvalue weighted by atomic mass is 32.2. The summed E-state index contributed by atoms with van der Waals surface area (Å²) in [5.74, 6) is 1.12. The van der Waals surface area contributed by atoms with E-state index in [0.717, 1.165) is 24.4 Å². The van der Waals surface area contributed by atoms with Crippen molar-refractivity contribution in [3.05, 3.63) is 47.8 Å². The first kappa shape index (κ1) is 15.1. The number of nitrogens with one attached hydrogen (secondary N) is 1. The largest absolute Gasteiger partial charge is 0.310 e. The molecule has 0 radical (unpaired) electrons. The van der Waals surface area contributed by atoms with Crippen molar-refractivity contribution in [2.75, 3.05) is 12.3 Å². The summed E-state index contributed by atoms with van der Waals surface area (Å²) < 4.78 is 1.86. The Morgan fingerprint density at radius 3 is 2.50 bits per heavy atom. The molecule has 2 aromatic rings. The lowest BCUT2D eigenvalue weighted by Gasteiger charge is -2.17. The predicted octanol–water partition coefficient (Wildman–Crippen LogP) is 3.43. The molecule has 0 bridgehead atoms. The van der Waals surface area contributed by atoms with E-state index in [0.29, 0.717) is 6.04 Å². The number of aromatic nitrogens is 2. The van der Waals surface area contributed by atoms with E-state index in [2.05, 4.69) is 54.6 Å². The number of thioether (sulfide) groups is 1. The minimum Gasteiger partial charge on any atom is -0.310 e. The highest BCUT2D eigenvalue weighted by molar-refractivity contribution is 7.99. The molecule has 1 aromatic carbocycles. The van der Waals surface area contributed by atoms with Crippen LogP contribution < -0.4 is 5.32 Å². The Labute approximate surface area is 125 Å². The summed E-state index contributed by atoms with van der Waals surface area (Å²) in [6.07, 6.45) is 2.92. The van der Waals surface area contributed by atoms with E-state index in [1.807, 2.05) is 29.7 Å². The summed E-state index contributed by atoms with van der Waals surface area (Å²) in [4.78, 5) is 1.34. The molecule has 0 amide bonds. The van der Waals surface area contributed by atoms with Crippen molar-refractivity contribution >= 4 is 11.8 Å². The van der Waals surface area contributed by atoms with Crippen LogP contribution in [0.15, 0.2) is 41.4 Å². The number of aryl methyl sites for hydroxylation is 1. The average molecular weight is 289 g/mol. The van der Waals surface area contributed by atoms with Gasteiger partial charge in [0.05, 0.1) is 5.69 Å². The van der Waals surface area contributed by atoms with Gasteiger partial charge in [-0.3, -0.25) is 4.68 Å². The first-order valence-electron chi connectivity index (χ1n) is 7.17. The van der Waals surface area contributed by atoms with Gasteiger partial charge in [-0.05, 0) is 36.1 Å². The maximum Gasteiger partial charge on any atom is 0.0643 e. The van der Waals surface area contributed by atoms with E-state index in [1.54, 1.807) is 0 Å². The number of nitrogens with zero attached hydrogens (tertiary/aromatic N) is 2. The summed E-state index contributed by atoms with van der Waals surface area (Å²) in [5, 5.41) is 8.03. The van der Waals surface area contributed by atoms with Crippen molar-refractivity contribution in [2.45, 2.75) is 31.2 Å². The van der Waals surface area contributed by atoms with Gasteiger partial charge in [-0.25, -0.2) is 0 Å². The molecule has 1 N–H and O–H groups in total. The minimum absolute atomic E-state index is 0.329. The molecule has 0 saturated carbocycles. The minimum atomic E-state index is 0.329. The summed E-state index contributed by atoms with van der Waals surface area (Å²) in [6.45, 7) is 5.29. The standard InChI is InChI=1S/C16H23N3S/c1-4-17-16(12-14-10-11-19(3)18-14)13-6-8-15(9-7-13)20-5-2/h6-11,16-17H,4-5,12H2,1-3H3. The number of hydrogen-bond acceptors (Lipinski definition) is 3. The first-order valence-corrected chi connectivity index (χ1v) is 8.16. The van der Waals surface area contributed by atoms with Crippen LogP contribution in [0, 0.1) is 0 Å². The molecule has 108 valence electrons. The third-order valence-corrected chi connectivity index (χ3v) is 4.12. The summed E-state index contributed by atoms with van der Waals surface area (Å²) in [6, 6.07) is 11.3. The summed E-state index contributed by atoms with van der Waals surface area (Å²) in [5.41, 5.74) is 2.46. The second-order valence-corrected chi connectivity index (χ2v) is 6.13. The van der Waals surface area contributed by atoms with Gasteiger partial charge in [-0.1, -0.05) is 26.0 Å². The molecule has 20 heavy (non-hydrogen) atoms. The van der Waals surface area contributed by atoms with Gasteiger partial charge < -0.3 is 5.32 Å². The molecule has 1 aromatic heterocycles. The van der Waals surface area contributed by atoms with Gasteiger partial charge >= 0.3 is 0 Å². The van der Waals surface area contributed by atoms with E-state index >= 15 is 0 Å². The van der Waals surface area contributed by atoms with Gasteiger partial charge in [0.15, 0.2) is 0 Å². The van der Waals surface area contributed by atoms with Crippen LogP contribution in [-0.4, -0.2) is 22.1 Å². The van der Waals surface area contributed by atoms with Crippen LogP contribution in [0.2, 0.25) is 0 Å². The van der Waals surface area contributed by atoms with Crippen LogP contribution in [0.1, 0.15) is 31.1 Å². The Kier molecular flexibility index (Phi) is 5.68. The van der Waals surface area contributed by atoms with Crippen LogP contribution >= 0.6 is 11.8 Å². The normalized spacial score (nSPS) is 12.6. The first-order chi connectivity index (χ1) is 9.72. The quantitative estimate of drug-likeness (QED) is 0.792. The molecule has 0 aliphatic heterocycles. The van der Waals surface area contributed by atoms with E-state index in [4.69, 9.17) is 0 Å².